The highest BCUT2D eigenvalue weighted by molar-refractivity contribution is 6.25. The molecule has 0 unspecified atom stereocenters. The Bertz CT molecular complexity index is 2230. The van der Waals surface area contributed by atoms with E-state index in [9.17, 15) is 0 Å². The zero-order valence-corrected chi connectivity index (χ0v) is 21.2. The molecular formula is C37H23NO. The first kappa shape index (κ1) is 20.9. The lowest BCUT2D eigenvalue weighted by molar-refractivity contribution is 0.674. The van der Waals surface area contributed by atoms with Gasteiger partial charge in [-0.05, 0) is 70.6 Å². The van der Waals surface area contributed by atoms with Crippen molar-refractivity contribution in [3.63, 3.8) is 0 Å². The van der Waals surface area contributed by atoms with Crippen molar-refractivity contribution in [2.24, 2.45) is 0 Å². The highest BCUT2D eigenvalue weighted by atomic mass is 16.3. The van der Waals surface area contributed by atoms with Crippen LogP contribution in [0.15, 0.2) is 132 Å². The van der Waals surface area contributed by atoms with Crippen molar-refractivity contribution in [2.75, 3.05) is 0 Å². The number of aromatic nitrogens is 1. The fourth-order valence-corrected chi connectivity index (χ4v) is 6.67. The maximum atomic E-state index is 6.96. The lowest BCUT2D eigenvalue weighted by atomic mass is 10.0. The standard InChI is InChI=1S/C37H23NO/c1-3-9-23(10-4-1)24-16-19-32-31(22-24)35-33(38(32)27-12-5-2-6-13-27)20-18-30-29-17-15-26-21-25-11-7-8-14-28(25)34(26)36(29)39-37(30)35/h1-20,22H,21H2. The smallest absolute Gasteiger partial charge is 0.145 e. The van der Waals surface area contributed by atoms with E-state index in [1.807, 2.05) is 0 Å². The van der Waals surface area contributed by atoms with Crippen LogP contribution in [0.3, 0.4) is 0 Å². The predicted octanol–water partition coefficient (Wildman–Crippen LogP) is 9.92. The average molecular weight is 498 g/mol. The number of hydrogen-bond donors (Lipinski definition) is 0. The summed E-state index contributed by atoms with van der Waals surface area (Å²) in [6.07, 6.45) is 0.960. The zero-order valence-electron chi connectivity index (χ0n) is 21.2. The Labute approximate surface area is 225 Å². The van der Waals surface area contributed by atoms with Crippen molar-refractivity contribution in [3.8, 4) is 27.9 Å². The molecule has 0 bridgehead atoms. The summed E-state index contributed by atoms with van der Waals surface area (Å²) in [4.78, 5) is 0. The first-order valence-corrected chi connectivity index (χ1v) is 13.5. The van der Waals surface area contributed by atoms with Crippen LogP contribution in [0.4, 0.5) is 0 Å². The van der Waals surface area contributed by atoms with E-state index < -0.39 is 0 Å². The fraction of sp³-hybridized carbons (Fsp3) is 0.0270. The molecule has 2 nitrogen and oxygen atoms in total. The number of nitrogens with zero attached hydrogens (tertiary/aromatic N) is 1. The summed E-state index contributed by atoms with van der Waals surface area (Å²) in [5.41, 5.74) is 13.1. The summed E-state index contributed by atoms with van der Waals surface area (Å²) < 4.78 is 9.32. The van der Waals surface area contributed by atoms with Crippen LogP contribution < -0.4 is 0 Å². The number of furan rings is 1. The molecule has 0 atom stereocenters. The van der Waals surface area contributed by atoms with E-state index in [1.54, 1.807) is 0 Å². The quantitative estimate of drug-likeness (QED) is 0.232. The van der Waals surface area contributed by atoms with Crippen molar-refractivity contribution in [1.82, 2.24) is 4.57 Å². The van der Waals surface area contributed by atoms with E-state index in [4.69, 9.17) is 4.42 Å². The minimum atomic E-state index is 0.960. The molecule has 0 N–H and O–H groups in total. The molecule has 2 heteroatoms. The van der Waals surface area contributed by atoms with E-state index in [1.165, 1.54) is 60.4 Å². The van der Waals surface area contributed by atoms with E-state index >= 15 is 0 Å². The van der Waals surface area contributed by atoms with Crippen molar-refractivity contribution < 1.29 is 4.42 Å². The Morgan fingerprint density at radius 2 is 1.23 bits per heavy atom. The first-order chi connectivity index (χ1) is 19.3. The summed E-state index contributed by atoms with van der Waals surface area (Å²) in [6.45, 7) is 0. The highest BCUT2D eigenvalue weighted by Crippen LogP contribution is 2.47. The second-order valence-corrected chi connectivity index (χ2v) is 10.5. The number of para-hydroxylation sites is 1. The topological polar surface area (TPSA) is 18.1 Å². The number of hydrogen-bond acceptors (Lipinski definition) is 1. The van der Waals surface area contributed by atoms with Crippen molar-refractivity contribution in [3.05, 3.63) is 139 Å². The third-order valence-corrected chi connectivity index (χ3v) is 8.41. The van der Waals surface area contributed by atoms with Gasteiger partial charge in [0, 0.05) is 27.4 Å². The molecule has 0 radical (unpaired) electrons. The van der Waals surface area contributed by atoms with Crippen LogP contribution in [-0.4, -0.2) is 4.57 Å². The van der Waals surface area contributed by atoms with Gasteiger partial charge in [-0.15, -0.1) is 0 Å². The van der Waals surface area contributed by atoms with Crippen LogP contribution in [0, 0.1) is 0 Å². The van der Waals surface area contributed by atoms with E-state index in [0.717, 1.165) is 28.8 Å². The monoisotopic (exact) mass is 497 g/mol. The van der Waals surface area contributed by atoms with Crippen molar-refractivity contribution in [2.45, 2.75) is 6.42 Å². The van der Waals surface area contributed by atoms with Gasteiger partial charge < -0.3 is 8.98 Å². The van der Waals surface area contributed by atoms with Gasteiger partial charge in [0.15, 0.2) is 0 Å². The molecule has 0 aliphatic heterocycles. The molecule has 0 fully saturated rings. The molecule has 2 aromatic heterocycles. The Balaban J connectivity index is 1.44. The lowest BCUT2D eigenvalue weighted by Crippen LogP contribution is -1.92. The van der Waals surface area contributed by atoms with Crippen LogP contribution >= 0.6 is 0 Å². The molecule has 0 amide bonds. The first-order valence-electron chi connectivity index (χ1n) is 13.5. The molecule has 8 aromatic rings. The Kier molecular flexibility index (Phi) is 4.14. The molecule has 9 rings (SSSR count). The lowest BCUT2D eigenvalue weighted by Gasteiger charge is -2.08. The largest absolute Gasteiger partial charge is 0.455 e. The van der Waals surface area contributed by atoms with Crippen molar-refractivity contribution >= 4 is 43.7 Å². The number of benzene rings is 6. The molecule has 0 saturated heterocycles. The van der Waals surface area contributed by atoms with Gasteiger partial charge in [-0.2, -0.15) is 0 Å². The van der Waals surface area contributed by atoms with Gasteiger partial charge in [0.25, 0.3) is 0 Å². The summed E-state index contributed by atoms with van der Waals surface area (Å²) in [6, 6.07) is 45.9. The predicted molar refractivity (Wildman–Crippen MR) is 162 cm³/mol. The Morgan fingerprint density at radius 1 is 0.513 bits per heavy atom. The average Bonchev–Trinajstić information content (AvgIpc) is 3.66. The van der Waals surface area contributed by atoms with Crippen LogP contribution in [0.25, 0.3) is 71.7 Å². The molecular weight excluding hydrogens is 474 g/mol. The van der Waals surface area contributed by atoms with Gasteiger partial charge in [0.2, 0.25) is 0 Å². The van der Waals surface area contributed by atoms with Crippen LogP contribution in [-0.2, 0) is 6.42 Å². The van der Waals surface area contributed by atoms with Gasteiger partial charge in [-0.25, -0.2) is 0 Å². The van der Waals surface area contributed by atoms with E-state index in [2.05, 4.69) is 132 Å². The third kappa shape index (κ3) is 2.86. The normalized spacial score (nSPS) is 12.5. The molecule has 0 spiro atoms. The van der Waals surface area contributed by atoms with Crippen LogP contribution in [0.2, 0.25) is 0 Å². The molecule has 6 aromatic carbocycles. The van der Waals surface area contributed by atoms with Gasteiger partial charge in [-0.1, -0.05) is 91.0 Å². The summed E-state index contributed by atoms with van der Waals surface area (Å²) in [5.74, 6) is 0. The molecule has 39 heavy (non-hydrogen) atoms. The highest BCUT2D eigenvalue weighted by Gasteiger charge is 2.25. The molecule has 1 aliphatic carbocycles. The minimum Gasteiger partial charge on any atom is -0.455 e. The minimum absolute atomic E-state index is 0.960. The Morgan fingerprint density at radius 3 is 2.10 bits per heavy atom. The SMILES string of the molecule is c1ccc(-c2ccc3c(c2)c2c4oc5c6c(ccc5c4ccc2n3-c2ccccc2)Cc2ccccc2-6)cc1. The van der Waals surface area contributed by atoms with Crippen LogP contribution in [0.5, 0.6) is 0 Å². The molecule has 182 valence electrons. The molecule has 1 aliphatic rings. The van der Waals surface area contributed by atoms with E-state index in [-0.39, 0.29) is 0 Å². The summed E-state index contributed by atoms with van der Waals surface area (Å²) >= 11 is 0. The number of fused-ring (bicyclic) bond motifs is 11. The second-order valence-electron chi connectivity index (χ2n) is 10.5. The summed E-state index contributed by atoms with van der Waals surface area (Å²) in [5, 5.41) is 4.72. The van der Waals surface area contributed by atoms with Gasteiger partial charge in [0.1, 0.15) is 11.2 Å². The molecule has 2 heterocycles. The maximum Gasteiger partial charge on any atom is 0.145 e. The van der Waals surface area contributed by atoms with Gasteiger partial charge in [0.05, 0.1) is 16.4 Å². The maximum absolute atomic E-state index is 6.96. The second kappa shape index (κ2) is 7.72. The van der Waals surface area contributed by atoms with Crippen molar-refractivity contribution in [1.29, 1.82) is 0 Å². The molecule has 0 saturated carbocycles. The third-order valence-electron chi connectivity index (χ3n) is 8.41. The number of rotatable bonds is 2. The van der Waals surface area contributed by atoms with E-state index in [0.29, 0.717) is 0 Å². The van der Waals surface area contributed by atoms with Gasteiger partial charge >= 0.3 is 0 Å². The fourth-order valence-electron chi connectivity index (χ4n) is 6.67. The Hall–Kier alpha value is -5.08. The van der Waals surface area contributed by atoms with Gasteiger partial charge in [-0.3, -0.25) is 0 Å². The van der Waals surface area contributed by atoms with Crippen LogP contribution in [0.1, 0.15) is 11.1 Å². The zero-order chi connectivity index (χ0) is 25.5. The summed E-state index contributed by atoms with van der Waals surface area (Å²) in [7, 11) is 0.